The number of nitro benzene ring substituents is 1. The Labute approximate surface area is 201 Å². The van der Waals surface area contributed by atoms with Crippen LogP contribution in [0.25, 0.3) is 5.69 Å². The van der Waals surface area contributed by atoms with Gasteiger partial charge in [0.25, 0.3) is 5.69 Å². The summed E-state index contributed by atoms with van der Waals surface area (Å²) in [5.74, 6) is -1.25. The van der Waals surface area contributed by atoms with Crippen LogP contribution in [-0.2, 0) is 4.79 Å². The predicted octanol–water partition coefficient (Wildman–Crippen LogP) is 5.32. The Bertz CT molecular complexity index is 1500. The second-order valence-electron chi connectivity index (χ2n) is 8.06. The molecular weight excluding hydrogens is 472 g/mol. The molecule has 2 aliphatic rings. The minimum absolute atomic E-state index is 0.0821. The number of rotatable bonds is 3. The van der Waals surface area contributed by atoms with E-state index >= 15 is 0 Å². The smallest absolute Gasteiger partial charge is 0.316 e. The van der Waals surface area contributed by atoms with Crippen LogP contribution in [0, 0.1) is 16.0 Å². The zero-order valence-electron chi connectivity index (χ0n) is 17.5. The number of thioether (sulfide) groups is 1. The van der Waals surface area contributed by atoms with Gasteiger partial charge in [0, 0.05) is 28.5 Å². The summed E-state index contributed by atoms with van der Waals surface area (Å²) in [6.07, 6.45) is 0. The Morgan fingerprint density at radius 2 is 1.65 bits per heavy atom. The van der Waals surface area contributed by atoms with Crippen molar-refractivity contribution >= 4 is 34.8 Å². The van der Waals surface area contributed by atoms with Crippen molar-refractivity contribution in [1.82, 2.24) is 4.57 Å². The molecule has 0 fully saturated rings. The minimum atomic E-state index is -0.628. The van der Waals surface area contributed by atoms with E-state index in [2.05, 4.69) is 0 Å². The first-order valence-electron chi connectivity index (χ1n) is 10.6. The third-order valence-electron chi connectivity index (χ3n) is 6.16. The average molecular weight is 489 g/mol. The van der Waals surface area contributed by atoms with Gasteiger partial charge in [0.15, 0.2) is 0 Å². The number of hydrogen-bond donors (Lipinski definition) is 0. The fourth-order valence-corrected chi connectivity index (χ4v) is 7.56. The van der Waals surface area contributed by atoms with E-state index in [1.165, 1.54) is 30.0 Å². The lowest BCUT2D eigenvalue weighted by molar-refractivity contribution is -0.385. The van der Waals surface area contributed by atoms with E-state index in [-0.39, 0.29) is 15.8 Å². The van der Waals surface area contributed by atoms with Crippen molar-refractivity contribution in [3.63, 3.8) is 0 Å². The van der Waals surface area contributed by atoms with Crippen molar-refractivity contribution in [2.24, 2.45) is 5.92 Å². The second kappa shape index (κ2) is 7.96. The minimum Gasteiger partial charge on any atom is -0.426 e. The molecule has 9 heteroatoms. The van der Waals surface area contributed by atoms with Gasteiger partial charge in [-0.15, -0.1) is 0 Å². The van der Waals surface area contributed by atoms with Crippen LogP contribution in [0.4, 0.5) is 5.69 Å². The molecule has 3 atom stereocenters. The van der Waals surface area contributed by atoms with Crippen molar-refractivity contribution < 1.29 is 14.5 Å². The highest BCUT2D eigenvalue weighted by Crippen LogP contribution is 2.59. The van der Waals surface area contributed by atoms with Gasteiger partial charge in [0.05, 0.1) is 26.8 Å². The molecule has 168 valence electrons. The van der Waals surface area contributed by atoms with Gasteiger partial charge in [-0.05, 0) is 23.8 Å². The van der Waals surface area contributed by atoms with Crippen LogP contribution in [-0.4, -0.2) is 15.5 Å². The normalized spacial score (nSPS) is 20.6. The van der Waals surface area contributed by atoms with Crippen molar-refractivity contribution in [2.45, 2.75) is 16.2 Å². The molecule has 34 heavy (non-hydrogen) atoms. The standard InChI is InChI=1S/C25H16N2O5S2/c28-24-20-19(17-13-16(27(30)31)11-12-18(17)32-24)22-23(33-21(20)14-7-3-1-4-8-14)26(25(29)34-22)15-9-5-2-6-10-15/h1-13,19-21H/t19-,20-,21-/m1/s1. The number of nitro groups is 1. The summed E-state index contributed by atoms with van der Waals surface area (Å²) in [5, 5.41) is 12.0. The first-order valence-corrected chi connectivity index (χ1v) is 12.3. The van der Waals surface area contributed by atoms with Crippen LogP contribution in [0.15, 0.2) is 88.7 Å². The van der Waals surface area contributed by atoms with Gasteiger partial charge in [-0.2, -0.15) is 0 Å². The number of thiazole rings is 1. The van der Waals surface area contributed by atoms with Gasteiger partial charge in [-0.1, -0.05) is 71.6 Å². The summed E-state index contributed by atoms with van der Waals surface area (Å²) in [6.45, 7) is 0. The topological polar surface area (TPSA) is 91.4 Å². The molecular formula is C25H16N2O5S2. The van der Waals surface area contributed by atoms with Gasteiger partial charge in [-0.25, -0.2) is 0 Å². The molecule has 3 aromatic carbocycles. The van der Waals surface area contributed by atoms with E-state index < -0.39 is 22.7 Å². The monoisotopic (exact) mass is 488 g/mol. The number of para-hydroxylation sites is 1. The maximum absolute atomic E-state index is 13.3. The third-order valence-corrected chi connectivity index (χ3v) is 8.76. The SMILES string of the molecule is O=C1Oc2ccc([N+](=O)[O-])cc2[C@H]2c3sc(=O)n(-c4ccccc4)c3S[C@H](c3ccccc3)[C@H]12. The zero-order chi connectivity index (χ0) is 23.4. The lowest BCUT2D eigenvalue weighted by Gasteiger charge is -2.39. The van der Waals surface area contributed by atoms with Crippen LogP contribution in [0.5, 0.6) is 5.75 Å². The molecule has 4 aromatic rings. The Kier molecular flexibility index (Phi) is 4.89. The number of nitrogens with zero attached hydrogens (tertiary/aromatic N) is 2. The predicted molar refractivity (Wildman–Crippen MR) is 129 cm³/mol. The Hall–Kier alpha value is -3.69. The fraction of sp³-hybridized carbons (Fsp3) is 0.120. The van der Waals surface area contributed by atoms with E-state index in [1.807, 2.05) is 60.7 Å². The molecule has 0 radical (unpaired) electrons. The number of benzene rings is 3. The highest BCUT2D eigenvalue weighted by atomic mass is 32.2. The molecule has 7 nitrogen and oxygen atoms in total. The molecule has 0 amide bonds. The van der Waals surface area contributed by atoms with Crippen molar-refractivity contribution in [1.29, 1.82) is 0 Å². The molecule has 0 aliphatic carbocycles. The first-order chi connectivity index (χ1) is 16.5. The Morgan fingerprint density at radius 1 is 0.941 bits per heavy atom. The molecule has 0 unspecified atom stereocenters. The third kappa shape index (κ3) is 3.19. The number of fused-ring (bicyclic) bond motifs is 5. The maximum atomic E-state index is 13.3. The zero-order valence-corrected chi connectivity index (χ0v) is 19.1. The van der Waals surface area contributed by atoms with E-state index in [1.54, 1.807) is 4.57 Å². The lowest BCUT2D eigenvalue weighted by Crippen LogP contribution is -2.37. The number of aromatic nitrogens is 1. The Morgan fingerprint density at radius 3 is 2.35 bits per heavy atom. The van der Waals surface area contributed by atoms with Crippen LogP contribution >= 0.6 is 23.1 Å². The highest BCUT2D eigenvalue weighted by Gasteiger charge is 2.50. The average Bonchev–Trinajstić information content (AvgIpc) is 3.19. The largest absolute Gasteiger partial charge is 0.426 e. The number of esters is 1. The van der Waals surface area contributed by atoms with E-state index in [0.717, 1.165) is 32.5 Å². The molecule has 0 saturated carbocycles. The summed E-state index contributed by atoms with van der Waals surface area (Å²) in [7, 11) is 0. The summed E-state index contributed by atoms with van der Waals surface area (Å²) < 4.78 is 7.34. The van der Waals surface area contributed by atoms with Crippen molar-refractivity contribution in [3.8, 4) is 11.4 Å². The van der Waals surface area contributed by atoms with Crippen molar-refractivity contribution in [3.05, 3.63) is 115 Å². The van der Waals surface area contributed by atoms with Crippen LogP contribution in [0.2, 0.25) is 0 Å². The van der Waals surface area contributed by atoms with E-state index in [4.69, 9.17) is 4.74 Å². The molecule has 0 bridgehead atoms. The highest BCUT2D eigenvalue weighted by molar-refractivity contribution is 7.99. The number of non-ortho nitro benzene ring substituents is 1. The number of ether oxygens (including phenoxy) is 1. The summed E-state index contributed by atoms with van der Waals surface area (Å²) in [4.78, 5) is 38.2. The molecule has 0 N–H and O–H groups in total. The molecule has 1 aromatic heterocycles. The summed E-state index contributed by atoms with van der Waals surface area (Å²) in [6, 6.07) is 23.3. The quantitative estimate of drug-likeness (QED) is 0.168. The molecule has 2 aliphatic heterocycles. The molecule has 0 saturated heterocycles. The summed E-state index contributed by atoms with van der Waals surface area (Å²) in [5.41, 5.74) is 2.14. The number of hydrogen-bond acceptors (Lipinski definition) is 7. The van der Waals surface area contributed by atoms with Gasteiger partial charge < -0.3 is 4.74 Å². The first kappa shape index (κ1) is 20.9. The summed E-state index contributed by atoms with van der Waals surface area (Å²) >= 11 is 2.55. The van der Waals surface area contributed by atoms with Gasteiger partial charge in [-0.3, -0.25) is 24.3 Å². The van der Waals surface area contributed by atoms with Gasteiger partial charge in [0.1, 0.15) is 5.75 Å². The Balaban J connectivity index is 1.63. The fourth-order valence-electron chi connectivity index (χ4n) is 4.69. The van der Waals surface area contributed by atoms with Crippen LogP contribution < -0.4 is 9.61 Å². The van der Waals surface area contributed by atoms with E-state index in [0.29, 0.717) is 11.3 Å². The number of carbonyl (C=O) groups excluding carboxylic acids is 1. The molecule has 6 rings (SSSR count). The van der Waals surface area contributed by atoms with Gasteiger partial charge in [0.2, 0.25) is 0 Å². The number of carbonyl (C=O) groups is 1. The second-order valence-corrected chi connectivity index (χ2v) is 10.2. The van der Waals surface area contributed by atoms with Crippen molar-refractivity contribution in [2.75, 3.05) is 0 Å². The van der Waals surface area contributed by atoms with Gasteiger partial charge >= 0.3 is 10.8 Å². The lowest BCUT2D eigenvalue weighted by atomic mass is 9.78. The molecule has 3 heterocycles. The molecule has 0 spiro atoms. The van der Waals surface area contributed by atoms with Crippen LogP contribution in [0.1, 0.15) is 27.2 Å². The van der Waals surface area contributed by atoms with Crippen LogP contribution in [0.3, 0.4) is 0 Å². The van der Waals surface area contributed by atoms with E-state index in [9.17, 15) is 19.7 Å². The maximum Gasteiger partial charge on any atom is 0.316 e.